The molecule has 0 N–H and O–H groups in total. The quantitative estimate of drug-likeness (QED) is 0.431. The van der Waals surface area contributed by atoms with Gasteiger partial charge in [0.1, 0.15) is 11.6 Å². The first-order valence-electron chi connectivity index (χ1n) is 7.57. The van der Waals surface area contributed by atoms with E-state index in [2.05, 4.69) is 0 Å². The topological polar surface area (TPSA) is 68.3 Å². The van der Waals surface area contributed by atoms with Gasteiger partial charge in [-0.2, -0.15) is 0 Å². The molecule has 0 unspecified atom stereocenters. The van der Waals surface area contributed by atoms with E-state index in [1.165, 1.54) is 0 Å². The van der Waals surface area contributed by atoms with Gasteiger partial charge in [-0.15, -0.1) is 0 Å². The number of hydrogen-bond donors (Lipinski definition) is 0. The summed E-state index contributed by atoms with van der Waals surface area (Å²) in [5.74, 6) is -3.47. The van der Waals surface area contributed by atoms with Crippen LogP contribution < -0.4 is 0 Å². The van der Waals surface area contributed by atoms with Gasteiger partial charge in [0.2, 0.25) is 11.6 Å². The molecule has 0 aromatic carbocycles. The van der Waals surface area contributed by atoms with Crippen molar-refractivity contribution >= 4 is 23.1 Å². The molecule has 0 aliphatic heterocycles. The molecule has 0 amide bonds. The monoisotopic (exact) mass is 282 g/mol. The molecule has 4 nitrogen and oxygen atoms in total. The smallest absolute Gasteiger partial charge is 0.209 e. The van der Waals surface area contributed by atoms with E-state index in [0.29, 0.717) is 38.5 Å². The minimum Gasteiger partial charge on any atom is -0.299 e. The molecule has 0 aliphatic carbocycles. The second-order valence-corrected chi connectivity index (χ2v) is 5.08. The molecule has 0 rings (SSSR count). The summed E-state index contributed by atoms with van der Waals surface area (Å²) in [7, 11) is 0. The van der Waals surface area contributed by atoms with Crippen molar-refractivity contribution in [1.29, 1.82) is 0 Å². The number of carbonyl (C=O) groups is 4. The van der Waals surface area contributed by atoms with Gasteiger partial charge in [-0.3, -0.25) is 19.2 Å². The summed E-state index contributed by atoms with van der Waals surface area (Å²) in [6, 6.07) is 0. The molecule has 0 saturated carbocycles. The Morgan fingerprint density at radius 2 is 0.950 bits per heavy atom. The van der Waals surface area contributed by atoms with Gasteiger partial charge >= 0.3 is 0 Å². The van der Waals surface area contributed by atoms with Gasteiger partial charge in [0.05, 0.1) is 11.8 Å². The van der Waals surface area contributed by atoms with Crippen LogP contribution in [0.15, 0.2) is 0 Å². The van der Waals surface area contributed by atoms with Crippen molar-refractivity contribution in [3.63, 3.8) is 0 Å². The zero-order chi connectivity index (χ0) is 15.7. The molecule has 0 spiro atoms. The molecule has 0 fully saturated rings. The lowest BCUT2D eigenvalue weighted by atomic mass is 9.84. The van der Waals surface area contributed by atoms with Gasteiger partial charge in [-0.25, -0.2) is 0 Å². The Bertz CT molecular complexity index is 335. The van der Waals surface area contributed by atoms with Gasteiger partial charge in [0.25, 0.3) is 0 Å². The molecule has 0 aromatic rings. The molecule has 0 aliphatic rings. The highest BCUT2D eigenvalue weighted by Gasteiger charge is 2.35. The van der Waals surface area contributed by atoms with E-state index in [1.807, 2.05) is 13.8 Å². The summed E-state index contributed by atoms with van der Waals surface area (Å²) in [6.45, 7) is 7.16. The molecule has 0 heterocycles. The van der Waals surface area contributed by atoms with Crippen molar-refractivity contribution in [2.45, 2.75) is 66.2 Å². The van der Waals surface area contributed by atoms with Crippen LogP contribution in [0.4, 0.5) is 0 Å². The van der Waals surface area contributed by atoms with E-state index in [9.17, 15) is 19.2 Å². The molecule has 2 atom stereocenters. The third kappa shape index (κ3) is 4.99. The summed E-state index contributed by atoms with van der Waals surface area (Å²) < 4.78 is 0. The fourth-order valence-corrected chi connectivity index (χ4v) is 2.30. The van der Waals surface area contributed by atoms with Crippen LogP contribution in [0.25, 0.3) is 0 Å². The van der Waals surface area contributed by atoms with Crippen molar-refractivity contribution in [3.8, 4) is 0 Å². The lowest BCUT2D eigenvalue weighted by molar-refractivity contribution is -0.147. The van der Waals surface area contributed by atoms with Crippen LogP contribution in [-0.2, 0) is 19.2 Å². The Morgan fingerprint density at radius 1 is 0.650 bits per heavy atom. The predicted octanol–water partition coefficient (Wildman–Crippen LogP) is 2.92. The van der Waals surface area contributed by atoms with Crippen LogP contribution in [0.1, 0.15) is 66.2 Å². The first-order chi connectivity index (χ1) is 9.44. The van der Waals surface area contributed by atoms with Crippen LogP contribution in [0.3, 0.4) is 0 Å². The van der Waals surface area contributed by atoms with E-state index in [1.54, 1.807) is 13.8 Å². The van der Waals surface area contributed by atoms with Gasteiger partial charge < -0.3 is 0 Å². The largest absolute Gasteiger partial charge is 0.299 e. The molecule has 114 valence electrons. The van der Waals surface area contributed by atoms with Crippen molar-refractivity contribution in [2.75, 3.05) is 0 Å². The predicted molar refractivity (Wildman–Crippen MR) is 77.4 cm³/mol. The fourth-order valence-electron chi connectivity index (χ4n) is 2.30. The maximum atomic E-state index is 12.2. The third-order valence-electron chi connectivity index (χ3n) is 3.46. The second kappa shape index (κ2) is 9.56. The van der Waals surface area contributed by atoms with E-state index in [0.717, 1.165) is 0 Å². The highest BCUT2D eigenvalue weighted by Crippen LogP contribution is 2.17. The number of carbonyl (C=O) groups excluding carboxylic acids is 4. The molecular formula is C16H26O4. The highest BCUT2D eigenvalue weighted by molar-refractivity contribution is 6.44. The van der Waals surface area contributed by atoms with Gasteiger partial charge in [0.15, 0.2) is 0 Å². The SMILES string of the molecule is CCCC(=O)[C@H](CC)C(=O)C(=O)[C@@H](CC)C(=O)CCC. The summed E-state index contributed by atoms with van der Waals surface area (Å²) in [5, 5.41) is 0. The van der Waals surface area contributed by atoms with Gasteiger partial charge in [0, 0.05) is 12.8 Å². The standard InChI is InChI=1S/C16H26O4/c1-5-9-13(17)11(7-3)15(19)16(20)12(8-4)14(18)10-6-2/h11-12H,5-10H2,1-4H3/t11-,12-/m0/s1. The van der Waals surface area contributed by atoms with Crippen molar-refractivity contribution in [2.24, 2.45) is 11.8 Å². The number of hydrogen-bond acceptors (Lipinski definition) is 4. The second-order valence-electron chi connectivity index (χ2n) is 5.08. The number of ketones is 4. The molecule has 0 aromatic heterocycles. The first kappa shape index (κ1) is 18.7. The zero-order valence-corrected chi connectivity index (χ0v) is 13.0. The summed E-state index contributed by atoms with van der Waals surface area (Å²) >= 11 is 0. The van der Waals surface area contributed by atoms with E-state index < -0.39 is 23.4 Å². The third-order valence-corrected chi connectivity index (χ3v) is 3.46. The summed E-state index contributed by atoms with van der Waals surface area (Å²) in [5.41, 5.74) is 0. The highest BCUT2D eigenvalue weighted by atomic mass is 16.2. The Labute approximate surface area is 121 Å². The van der Waals surface area contributed by atoms with Crippen LogP contribution in [-0.4, -0.2) is 23.1 Å². The van der Waals surface area contributed by atoms with E-state index in [4.69, 9.17) is 0 Å². The van der Waals surface area contributed by atoms with E-state index >= 15 is 0 Å². The van der Waals surface area contributed by atoms with Crippen molar-refractivity contribution in [3.05, 3.63) is 0 Å². The molecule has 4 heteroatoms. The maximum absolute atomic E-state index is 12.2. The number of rotatable bonds is 11. The van der Waals surface area contributed by atoms with Crippen molar-refractivity contribution < 1.29 is 19.2 Å². The zero-order valence-electron chi connectivity index (χ0n) is 13.0. The maximum Gasteiger partial charge on any atom is 0.209 e. The Balaban J connectivity index is 4.99. The molecule has 0 saturated heterocycles. The van der Waals surface area contributed by atoms with Crippen LogP contribution in [0, 0.1) is 11.8 Å². The van der Waals surface area contributed by atoms with E-state index in [-0.39, 0.29) is 11.6 Å². The van der Waals surface area contributed by atoms with Crippen LogP contribution in [0.2, 0.25) is 0 Å². The fraction of sp³-hybridized carbons (Fsp3) is 0.750. The lowest BCUT2D eigenvalue weighted by Gasteiger charge is -2.16. The van der Waals surface area contributed by atoms with Crippen LogP contribution in [0.5, 0.6) is 0 Å². The molecule has 20 heavy (non-hydrogen) atoms. The van der Waals surface area contributed by atoms with Gasteiger partial charge in [-0.1, -0.05) is 27.7 Å². The average molecular weight is 282 g/mol. The Kier molecular flexibility index (Phi) is 8.93. The lowest BCUT2D eigenvalue weighted by Crippen LogP contribution is -2.36. The average Bonchev–Trinajstić information content (AvgIpc) is 2.40. The van der Waals surface area contributed by atoms with Crippen LogP contribution >= 0.6 is 0 Å². The summed E-state index contributed by atoms with van der Waals surface area (Å²) in [6.07, 6.45) is 2.56. The Morgan fingerprint density at radius 3 is 1.15 bits per heavy atom. The minimum absolute atomic E-state index is 0.189. The summed E-state index contributed by atoms with van der Waals surface area (Å²) in [4.78, 5) is 48.1. The molecular weight excluding hydrogens is 256 g/mol. The molecule has 0 radical (unpaired) electrons. The number of Topliss-reactive ketones (excluding diaryl/α,β-unsaturated/α-hetero) is 4. The molecule has 0 bridgehead atoms. The Hall–Kier alpha value is -1.32. The van der Waals surface area contributed by atoms with Crippen molar-refractivity contribution in [1.82, 2.24) is 0 Å². The van der Waals surface area contributed by atoms with Gasteiger partial charge in [-0.05, 0) is 25.7 Å². The first-order valence-corrected chi connectivity index (χ1v) is 7.57. The normalized spacial score (nSPS) is 13.6. The minimum atomic E-state index is -0.870.